The molecule has 196 valence electrons. The van der Waals surface area contributed by atoms with E-state index in [0.29, 0.717) is 18.5 Å². The number of likely N-dealkylation sites (N-methyl/N-ethyl adjacent to an activating group) is 1. The van der Waals surface area contributed by atoms with Crippen molar-refractivity contribution in [3.63, 3.8) is 0 Å². The van der Waals surface area contributed by atoms with Crippen molar-refractivity contribution >= 4 is 29.3 Å². The molecule has 2 aliphatic rings. The standard InChI is InChI=1S/C27H39N5O4/c1-17(2)14-24(33)30-20-9-7-8-19(15-20)16-29-26(35)23-13-12-21-10-5-6-11-22(27(36)32(21)23)31-25(34)18(3)28-4/h7-9,14-15,18,21-23,28H,5-6,10-13,16H2,1-4H3,(H,29,35)(H,30,33)(H,31,34)/t18-,21-,22-,23-/m0/s1. The minimum Gasteiger partial charge on any atom is -0.350 e. The maximum absolute atomic E-state index is 13.5. The first-order valence-corrected chi connectivity index (χ1v) is 12.8. The fourth-order valence-electron chi connectivity index (χ4n) is 4.86. The Morgan fingerprint density at radius 2 is 1.86 bits per heavy atom. The summed E-state index contributed by atoms with van der Waals surface area (Å²) >= 11 is 0. The molecule has 0 aromatic heterocycles. The Hall–Kier alpha value is -3.20. The van der Waals surface area contributed by atoms with Crippen molar-refractivity contribution in [2.24, 2.45) is 0 Å². The Balaban J connectivity index is 1.65. The molecule has 4 atom stereocenters. The maximum Gasteiger partial charge on any atom is 0.248 e. The highest BCUT2D eigenvalue weighted by Crippen LogP contribution is 2.31. The number of allylic oxidation sites excluding steroid dienone is 1. The summed E-state index contributed by atoms with van der Waals surface area (Å²) in [6, 6.07) is 5.77. The van der Waals surface area contributed by atoms with E-state index in [-0.39, 0.29) is 36.2 Å². The summed E-state index contributed by atoms with van der Waals surface area (Å²) in [5.41, 5.74) is 2.40. The zero-order chi connectivity index (χ0) is 26.2. The normalized spacial score (nSPS) is 22.5. The van der Waals surface area contributed by atoms with Crippen LogP contribution in [0.25, 0.3) is 0 Å². The van der Waals surface area contributed by atoms with E-state index < -0.39 is 18.1 Å². The summed E-state index contributed by atoms with van der Waals surface area (Å²) in [6.07, 6.45) is 6.19. The van der Waals surface area contributed by atoms with E-state index >= 15 is 0 Å². The predicted molar refractivity (Wildman–Crippen MR) is 139 cm³/mol. The first kappa shape index (κ1) is 27.4. The van der Waals surface area contributed by atoms with Crippen molar-refractivity contribution in [1.29, 1.82) is 0 Å². The highest BCUT2D eigenvalue weighted by molar-refractivity contribution is 5.99. The number of anilines is 1. The summed E-state index contributed by atoms with van der Waals surface area (Å²) in [5, 5.41) is 11.6. The molecule has 0 radical (unpaired) electrons. The van der Waals surface area contributed by atoms with E-state index in [9.17, 15) is 19.2 Å². The molecule has 1 aromatic carbocycles. The molecule has 36 heavy (non-hydrogen) atoms. The summed E-state index contributed by atoms with van der Waals surface area (Å²) in [5.74, 6) is -0.781. The number of rotatable bonds is 8. The number of hydrogen-bond acceptors (Lipinski definition) is 5. The van der Waals surface area contributed by atoms with Crippen molar-refractivity contribution in [3.05, 3.63) is 41.5 Å². The smallest absolute Gasteiger partial charge is 0.248 e. The SMILES string of the molecule is CN[C@@H](C)C(=O)N[C@H]1CCCC[C@H]2CC[C@@H](C(=O)NCc3cccc(NC(=O)C=C(C)C)c3)N2C1=O. The molecule has 0 unspecified atom stereocenters. The quantitative estimate of drug-likeness (QED) is 0.411. The highest BCUT2D eigenvalue weighted by atomic mass is 16.2. The summed E-state index contributed by atoms with van der Waals surface area (Å²) in [4.78, 5) is 52.9. The van der Waals surface area contributed by atoms with Crippen LogP contribution >= 0.6 is 0 Å². The molecule has 0 aliphatic carbocycles. The second-order valence-electron chi connectivity index (χ2n) is 9.98. The van der Waals surface area contributed by atoms with E-state index in [2.05, 4.69) is 21.3 Å². The number of hydrogen-bond donors (Lipinski definition) is 4. The molecule has 9 heteroatoms. The van der Waals surface area contributed by atoms with Crippen LogP contribution in [0.3, 0.4) is 0 Å². The van der Waals surface area contributed by atoms with Crippen molar-refractivity contribution in [2.45, 2.75) is 90.0 Å². The summed E-state index contributed by atoms with van der Waals surface area (Å²) in [6.45, 7) is 5.75. The number of amides is 4. The number of benzene rings is 1. The molecule has 2 fully saturated rings. The van der Waals surface area contributed by atoms with Crippen LogP contribution in [0, 0.1) is 0 Å². The van der Waals surface area contributed by atoms with Crippen LogP contribution in [0.5, 0.6) is 0 Å². The lowest BCUT2D eigenvalue weighted by atomic mass is 9.98. The van der Waals surface area contributed by atoms with Crippen molar-refractivity contribution in [1.82, 2.24) is 20.9 Å². The third-order valence-electron chi connectivity index (χ3n) is 6.86. The minimum atomic E-state index is -0.620. The highest BCUT2D eigenvalue weighted by Gasteiger charge is 2.43. The second-order valence-corrected chi connectivity index (χ2v) is 9.98. The van der Waals surface area contributed by atoms with Gasteiger partial charge in [-0.15, -0.1) is 0 Å². The van der Waals surface area contributed by atoms with Gasteiger partial charge < -0.3 is 26.2 Å². The predicted octanol–water partition coefficient (Wildman–Crippen LogP) is 2.23. The summed E-state index contributed by atoms with van der Waals surface area (Å²) in [7, 11) is 1.70. The molecule has 3 rings (SSSR count). The minimum absolute atomic E-state index is 0.0169. The zero-order valence-corrected chi connectivity index (χ0v) is 21.7. The van der Waals surface area contributed by atoms with Crippen LogP contribution in [0.2, 0.25) is 0 Å². The molecule has 0 saturated carbocycles. The molecule has 2 saturated heterocycles. The molecule has 9 nitrogen and oxygen atoms in total. The number of fused-ring (bicyclic) bond motifs is 1. The molecule has 2 heterocycles. The number of carbonyl (C=O) groups is 4. The second kappa shape index (κ2) is 12.7. The van der Waals surface area contributed by atoms with Gasteiger partial charge in [-0.25, -0.2) is 0 Å². The van der Waals surface area contributed by atoms with Crippen molar-refractivity contribution in [3.8, 4) is 0 Å². The third kappa shape index (κ3) is 7.16. The van der Waals surface area contributed by atoms with Gasteiger partial charge in [-0.05, 0) is 71.2 Å². The van der Waals surface area contributed by atoms with Crippen LogP contribution in [-0.2, 0) is 25.7 Å². The lowest BCUT2D eigenvalue weighted by molar-refractivity contribution is -0.144. The maximum atomic E-state index is 13.5. The Bertz CT molecular complexity index is 1000. The fraction of sp³-hybridized carbons (Fsp3) is 0.556. The van der Waals surface area contributed by atoms with Crippen LogP contribution in [-0.4, -0.2) is 59.7 Å². The number of carbonyl (C=O) groups excluding carboxylic acids is 4. The molecule has 0 bridgehead atoms. The molecular weight excluding hydrogens is 458 g/mol. The largest absolute Gasteiger partial charge is 0.350 e. The Morgan fingerprint density at radius 1 is 1.11 bits per heavy atom. The zero-order valence-electron chi connectivity index (χ0n) is 21.7. The first-order valence-electron chi connectivity index (χ1n) is 12.8. The Kier molecular flexibility index (Phi) is 9.64. The molecule has 4 amide bonds. The van der Waals surface area contributed by atoms with E-state index in [0.717, 1.165) is 36.8 Å². The lowest BCUT2D eigenvalue weighted by Gasteiger charge is -2.35. The topological polar surface area (TPSA) is 120 Å². The third-order valence-corrected chi connectivity index (χ3v) is 6.86. The lowest BCUT2D eigenvalue weighted by Crippen LogP contribution is -2.57. The van der Waals surface area contributed by atoms with Crippen molar-refractivity contribution < 1.29 is 19.2 Å². The van der Waals surface area contributed by atoms with E-state index in [4.69, 9.17) is 0 Å². The first-order chi connectivity index (χ1) is 17.2. The van der Waals surface area contributed by atoms with Crippen LogP contribution in [0.15, 0.2) is 35.9 Å². The van der Waals surface area contributed by atoms with E-state index in [1.165, 1.54) is 6.08 Å². The van der Waals surface area contributed by atoms with Crippen LogP contribution < -0.4 is 21.3 Å². The van der Waals surface area contributed by atoms with Gasteiger partial charge in [0.1, 0.15) is 12.1 Å². The van der Waals surface area contributed by atoms with Crippen LogP contribution in [0.4, 0.5) is 5.69 Å². The Labute approximate surface area is 213 Å². The van der Waals surface area contributed by atoms with Gasteiger partial charge in [0.15, 0.2) is 0 Å². The van der Waals surface area contributed by atoms with Gasteiger partial charge in [0, 0.05) is 24.4 Å². The van der Waals surface area contributed by atoms with Crippen LogP contribution in [0.1, 0.15) is 64.9 Å². The van der Waals surface area contributed by atoms with E-state index in [1.54, 1.807) is 24.9 Å². The van der Waals surface area contributed by atoms with Gasteiger partial charge in [-0.2, -0.15) is 0 Å². The molecule has 4 N–H and O–H groups in total. The fourth-order valence-corrected chi connectivity index (χ4v) is 4.86. The van der Waals surface area contributed by atoms with Gasteiger partial charge in [0.2, 0.25) is 23.6 Å². The average molecular weight is 498 g/mol. The van der Waals surface area contributed by atoms with Gasteiger partial charge >= 0.3 is 0 Å². The number of nitrogens with one attached hydrogen (secondary N) is 4. The molecule has 1 aromatic rings. The van der Waals surface area contributed by atoms with Gasteiger partial charge in [-0.1, -0.05) is 30.5 Å². The molecular formula is C27H39N5O4. The number of nitrogens with zero attached hydrogens (tertiary/aromatic N) is 1. The molecule has 0 spiro atoms. The monoisotopic (exact) mass is 497 g/mol. The van der Waals surface area contributed by atoms with Gasteiger partial charge in [0.25, 0.3) is 0 Å². The average Bonchev–Trinajstić information content (AvgIpc) is 3.25. The summed E-state index contributed by atoms with van der Waals surface area (Å²) < 4.78 is 0. The van der Waals surface area contributed by atoms with Gasteiger partial charge in [0.05, 0.1) is 6.04 Å². The van der Waals surface area contributed by atoms with Crippen molar-refractivity contribution in [2.75, 3.05) is 12.4 Å². The van der Waals surface area contributed by atoms with Gasteiger partial charge in [-0.3, -0.25) is 19.2 Å². The Morgan fingerprint density at radius 3 is 2.58 bits per heavy atom. The molecule has 2 aliphatic heterocycles. The van der Waals surface area contributed by atoms with E-state index in [1.807, 2.05) is 32.0 Å².